The largest absolute Gasteiger partial charge is 0.308 e. The van der Waals surface area contributed by atoms with E-state index in [4.69, 9.17) is 0 Å². The van der Waals surface area contributed by atoms with Gasteiger partial charge in [0.2, 0.25) is 0 Å². The molecule has 0 saturated carbocycles. The molecule has 1 unspecified atom stereocenters. The zero-order valence-corrected chi connectivity index (χ0v) is 18.3. The predicted molar refractivity (Wildman–Crippen MR) is 133 cm³/mol. The number of rotatable bonds is 7. The fourth-order valence-electron chi connectivity index (χ4n) is 5.03. The molecule has 1 fully saturated rings. The molecule has 0 spiro atoms. The standard InChI is InChI=1S/C29H32N2/c1-6-18-31(19-7-1)20-17-30-29(28-14-8-12-25-10-4-5-13-27(25)28)22-23-15-16-24-9-2-3-11-26(24)21-23/h2-5,8-16,21,29-30H,1,6-7,17-20,22H2. The van der Waals surface area contributed by atoms with Gasteiger partial charge in [-0.25, -0.2) is 0 Å². The molecule has 1 aliphatic rings. The van der Waals surface area contributed by atoms with Gasteiger partial charge in [-0.2, -0.15) is 0 Å². The van der Waals surface area contributed by atoms with Gasteiger partial charge in [0.1, 0.15) is 0 Å². The van der Waals surface area contributed by atoms with Gasteiger partial charge in [0, 0.05) is 19.1 Å². The van der Waals surface area contributed by atoms with Crippen LogP contribution >= 0.6 is 0 Å². The summed E-state index contributed by atoms with van der Waals surface area (Å²) in [6, 6.07) is 31.4. The second-order valence-corrected chi connectivity index (χ2v) is 8.86. The van der Waals surface area contributed by atoms with E-state index in [1.54, 1.807) is 0 Å². The van der Waals surface area contributed by atoms with Crippen molar-refractivity contribution in [3.05, 3.63) is 96.1 Å². The highest BCUT2D eigenvalue weighted by atomic mass is 15.1. The van der Waals surface area contributed by atoms with Gasteiger partial charge < -0.3 is 10.2 Å². The molecule has 4 aromatic rings. The van der Waals surface area contributed by atoms with E-state index in [0.29, 0.717) is 6.04 Å². The zero-order chi connectivity index (χ0) is 20.9. The van der Waals surface area contributed by atoms with Crippen LogP contribution in [0.4, 0.5) is 0 Å². The Morgan fingerprint density at radius 2 is 1.45 bits per heavy atom. The third-order valence-electron chi connectivity index (χ3n) is 6.72. The molecule has 0 aromatic heterocycles. The smallest absolute Gasteiger partial charge is 0.0367 e. The number of piperidine rings is 1. The van der Waals surface area contributed by atoms with Gasteiger partial charge >= 0.3 is 0 Å². The van der Waals surface area contributed by atoms with Crippen molar-refractivity contribution in [3.8, 4) is 0 Å². The summed E-state index contributed by atoms with van der Waals surface area (Å²) >= 11 is 0. The number of benzene rings is 4. The number of hydrogen-bond acceptors (Lipinski definition) is 2. The Morgan fingerprint density at radius 1 is 0.710 bits per heavy atom. The van der Waals surface area contributed by atoms with Crippen LogP contribution in [0.1, 0.15) is 36.4 Å². The van der Waals surface area contributed by atoms with E-state index in [9.17, 15) is 0 Å². The van der Waals surface area contributed by atoms with Crippen LogP contribution in [0.15, 0.2) is 84.9 Å². The fraction of sp³-hybridized carbons (Fsp3) is 0.310. The first-order chi connectivity index (χ1) is 15.4. The Bertz CT molecular complexity index is 1140. The highest BCUT2D eigenvalue weighted by Crippen LogP contribution is 2.28. The third kappa shape index (κ3) is 4.81. The topological polar surface area (TPSA) is 15.3 Å². The molecule has 2 nitrogen and oxygen atoms in total. The lowest BCUT2D eigenvalue weighted by Gasteiger charge is -2.28. The highest BCUT2D eigenvalue weighted by Gasteiger charge is 2.16. The van der Waals surface area contributed by atoms with E-state index in [-0.39, 0.29) is 0 Å². The molecule has 2 heteroatoms. The van der Waals surface area contributed by atoms with Crippen molar-refractivity contribution < 1.29 is 0 Å². The molecule has 0 amide bonds. The second-order valence-electron chi connectivity index (χ2n) is 8.86. The summed E-state index contributed by atoms with van der Waals surface area (Å²) in [6.07, 6.45) is 5.09. The Labute approximate surface area is 185 Å². The van der Waals surface area contributed by atoms with Gasteiger partial charge in [-0.3, -0.25) is 0 Å². The molecule has 0 aliphatic carbocycles. The van der Waals surface area contributed by atoms with Crippen molar-refractivity contribution >= 4 is 21.5 Å². The van der Waals surface area contributed by atoms with E-state index in [0.717, 1.165) is 19.5 Å². The van der Waals surface area contributed by atoms with Crippen LogP contribution in [0.5, 0.6) is 0 Å². The second kappa shape index (κ2) is 9.64. The molecule has 1 saturated heterocycles. The summed E-state index contributed by atoms with van der Waals surface area (Å²) < 4.78 is 0. The van der Waals surface area contributed by atoms with E-state index in [2.05, 4.69) is 95.1 Å². The summed E-state index contributed by atoms with van der Waals surface area (Å²) in [5, 5.41) is 9.25. The van der Waals surface area contributed by atoms with Crippen molar-refractivity contribution in [2.45, 2.75) is 31.7 Å². The lowest BCUT2D eigenvalue weighted by atomic mass is 9.93. The van der Waals surface area contributed by atoms with E-state index in [1.165, 1.54) is 65.0 Å². The Kier molecular flexibility index (Phi) is 6.29. The molecule has 0 radical (unpaired) electrons. The summed E-state index contributed by atoms with van der Waals surface area (Å²) in [4.78, 5) is 2.62. The van der Waals surface area contributed by atoms with Gasteiger partial charge in [0.15, 0.2) is 0 Å². The minimum atomic E-state index is 0.303. The fourth-order valence-corrected chi connectivity index (χ4v) is 5.03. The molecule has 0 bridgehead atoms. The molecule has 31 heavy (non-hydrogen) atoms. The van der Waals surface area contributed by atoms with Gasteiger partial charge in [-0.05, 0) is 65.0 Å². The summed E-state index contributed by atoms with van der Waals surface area (Å²) in [5.41, 5.74) is 2.80. The molecular weight excluding hydrogens is 376 g/mol. The average molecular weight is 409 g/mol. The Hall–Kier alpha value is -2.68. The maximum Gasteiger partial charge on any atom is 0.0367 e. The lowest BCUT2D eigenvalue weighted by Crippen LogP contribution is -2.37. The summed E-state index contributed by atoms with van der Waals surface area (Å²) in [5.74, 6) is 0. The van der Waals surface area contributed by atoms with Crippen LogP contribution in [0.3, 0.4) is 0 Å². The Balaban J connectivity index is 1.41. The minimum Gasteiger partial charge on any atom is -0.308 e. The van der Waals surface area contributed by atoms with E-state index >= 15 is 0 Å². The first-order valence-corrected chi connectivity index (χ1v) is 11.8. The molecule has 1 atom stereocenters. The number of nitrogens with one attached hydrogen (secondary N) is 1. The zero-order valence-electron chi connectivity index (χ0n) is 18.3. The van der Waals surface area contributed by atoms with Crippen LogP contribution < -0.4 is 5.32 Å². The lowest BCUT2D eigenvalue weighted by molar-refractivity contribution is 0.226. The first-order valence-electron chi connectivity index (χ1n) is 11.8. The van der Waals surface area contributed by atoms with Crippen molar-refractivity contribution in [3.63, 3.8) is 0 Å². The van der Waals surface area contributed by atoms with Crippen LogP contribution in [0.2, 0.25) is 0 Å². The first kappa shape index (κ1) is 20.2. The number of fused-ring (bicyclic) bond motifs is 2. The predicted octanol–water partition coefficient (Wildman–Crippen LogP) is 6.35. The van der Waals surface area contributed by atoms with Gasteiger partial charge in [-0.1, -0.05) is 91.3 Å². The average Bonchev–Trinajstić information content (AvgIpc) is 2.84. The number of likely N-dealkylation sites (tertiary alicyclic amines) is 1. The normalized spacial score (nSPS) is 16.0. The minimum absolute atomic E-state index is 0.303. The van der Waals surface area contributed by atoms with Crippen LogP contribution in [0, 0.1) is 0 Å². The van der Waals surface area contributed by atoms with Gasteiger partial charge in [0.25, 0.3) is 0 Å². The van der Waals surface area contributed by atoms with Crippen LogP contribution in [0.25, 0.3) is 21.5 Å². The van der Waals surface area contributed by atoms with Gasteiger partial charge in [0.05, 0.1) is 0 Å². The summed E-state index contributed by atoms with van der Waals surface area (Å²) in [7, 11) is 0. The van der Waals surface area contributed by atoms with Gasteiger partial charge in [-0.15, -0.1) is 0 Å². The van der Waals surface area contributed by atoms with E-state index in [1.807, 2.05) is 0 Å². The van der Waals surface area contributed by atoms with Crippen molar-refractivity contribution in [2.24, 2.45) is 0 Å². The number of hydrogen-bond donors (Lipinski definition) is 1. The molecule has 4 aromatic carbocycles. The highest BCUT2D eigenvalue weighted by molar-refractivity contribution is 5.86. The maximum atomic E-state index is 3.93. The third-order valence-corrected chi connectivity index (χ3v) is 6.72. The molecule has 1 heterocycles. The Morgan fingerprint density at radius 3 is 2.32 bits per heavy atom. The molecular formula is C29H32N2. The van der Waals surface area contributed by atoms with Crippen molar-refractivity contribution in [1.29, 1.82) is 0 Å². The molecule has 1 N–H and O–H groups in total. The summed E-state index contributed by atoms with van der Waals surface area (Å²) in [6.45, 7) is 4.68. The molecule has 5 rings (SSSR count). The molecule has 158 valence electrons. The SMILES string of the molecule is c1ccc2cc(CC(NCCN3CCCCC3)c3cccc4ccccc34)ccc2c1. The van der Waals surface area contributed by atoms with E-state index < -0.39 is 0 Å². The monoisotopic (exact) mass is 408 g/mol. The van der Waals surface area contributed by atoms with Crippen LogP contribution in [-0.2, 0) is 6.42 Å². The molecule has 1 aliphatic heterocycles. The van der Waals surface area contributed by atoms with Crippen LogP contribution in [-0.4, -0.2) is 31.1 Å². The number of nitrogens with zero attached hydrogens (tertiary/aromatic N) is 1. The van der Waals surface area contributed by atoms with Crippen molar-refractivity contribution in [2.75, 3.05) is 26.2 Å². The maximum absolute atomic E-state index is 3.93. The quantitative estimate of drug-likeness (QED) is 0.383. The van der Waals surface area contributed by atoms with Crippen molar-refractivity contribution in [1.82, 2.24) is 10.2 Å².